The summed E-state index contributed by atoms with van der Waals surface area (Å²) in [6.45, 7) is 4.77. The number of carbonyl (C=O) groups excluding carboxylic acids is 2. The molecule has 0 bridgehead atoms. The van der Waals surface area contributed by atoms with E-state index >= 15 is 0 Å². The highest BCUT2D eigenvalue weighted by molar-refractivity contribution is 9.10. The van der Waals surface area contributed by atoms with Crippen molar-refractivity contribution in [2.24, 2.45) is 0 Å². The molecule has 2 amide bonds. The monoisotopic (exact) mass is 328 g/mol. The van der Waals surface area contributed by atoms with Gasteiger partial charge in [-0.15, -0.1) is 0 Å². The minimum Gasteiger partial charge on any atom is -0.340 e. The Hall–Kier alpha value is -1.43. The van der Waals surface area contributed by atoms with Gasteiger partial charge in [0, 0.05) is 4.47 Å². The first-order chi connectivity index (χ1) is 8.74. The molecule has 1 aliphatic heterocycles. The number of hydrogen-bond acceptors (Lipinski definition) is 2. The van der Waals surface area contributed by atoms with E-state index in [9.17, 15) is 14.0 Å². The predicted octanol–water partition coefficient (Wildman–Crippen LogP) is 2.22. The highest BCUT2D eigenvalue weighted by Crippen LogP contribution is 2.29. The number of nitrogens with one attached hydrogen (secondary N) is 1. The minimum absolute atomic E-state index is 0.114. The molecule has 1 fully saturated rings. The third-order valence-corrected chi connectivity index (χ3v) is 3.62. The topological polar surface area (TPSA) is 49.4 Å². The van der Waals surface area contributed by atoms with E-state index in [1.165, 1.54) is 17.0 Å². The lowest BCUT2D eigenvalue weighted by Crippen LogP contribution is -2.67. The lowest BCUT2D eigenvalue weighted by molar-refractivity contribution is -0.136. The van der Waals surface area contributed by atoms with Crippen LogP contribution in [0.15, 0.2) is 22.7 Å². The van der Waals surface area contributed by atoms with Gasteiger partial charge in [-0.3, -0.25) is 14.5 Å². The normalized spacial score (nSPS) is 22.4. The van der Waals surface area contributed by atoms with Crippen molar-refractivity contribution in [2.75, 3.05) is 4.90 Å². The molecule has 1 aromatic rings. The average molecular weight is 329 g/mol. The third kappa shape index (κ3) is 2.36. The van der Waals surface area contributed by atoms with Crippen molar-refractivity contribution in [3.63, 3.8) is 0 Å². The summed E-state index contributed by atoms with van der Waals surface area (Å²) in [6, 6.07) is 3.66. The fraction of sp³-hybridized carbons (Fsp3) is 0.385. The first-order valence-electron chi connectivity index (χ1n) is 5.85. The maximum Gasteiger partial charge on any atom is 0.252 e. The Morgan fingerprint density at radius 2 is 2.00 bits per heavy atom. The van der Waals surface area contributed by atoms with Gasteiger partial charge in [0.1, 0.15) is 17.4 Å². The number of amides is 2. The highest BCUT2D eigenvalue weighted by Gasteiger charge is 2.44. The molecule has 19 heavy (non-hydrogen) atoms. The van der Waals surface area contributed by atoms with E-state index < -0.39 is 17.4 Å². The molecule has 102 valence electrons. The van der Waals surface area contributed by atoms with Gasteiger partial charge < -0.3 is 5.32 Å². The molecule has 1 heterocycles. The zero-order valence-corrected chi connectivity index (χ0v) is 12.4. The maximum absolute atomic E-state index is 14.0. The molecule has 0 aliphatic carbocycles. The molecule has 0 aromatic heterocycles. The Kier molecular flexibility index (Phi) is 3.38. The smallest absolute Gasteiger partial charge is 0.252 e. The molecule has 1 saturated heterocycles. The lowest BCUT2D eigenvalue weighted by Gasteiger charge is -2.41. The van der Waals surface area contributed by atoms with Gasteiger partial charge in [0.2, 0.25) is 5.91 Å². The van der Waals surface area contributed by atoms with Crippen molar-refractivity contribution >= 4 is 33.4 Å². The van der Waals surface area contributed by atoms with Crippen LogP contribution in [0.2, 0.25) is 0 Å². The summed E-state index contributed by atoms with van der Waals surface area (Å²) in [6.07, 6.45) is 0. The number of nitrogens with zero attached hydrogens (tertiary/aromatic N) is 1. The van der Waals surface area contributed by atoms with Gasteiger partial charge in [-0.05, 0) is 39.0 Å². The van der Waals surface area contributed by atoms with Crippen molar-refractivity contribution < 1.29 is 14.0 Å². The Labute approximate surface area is 119 Å². The molecule has 0 radical (unpaired) electrons. The van der Waals surface area contributed by atoms with Crippen molar-refractivity contribution in [3.05, 3.63) is 28.5 Å². The quantitative estimate of drug-likeness (QED) is 0.859. The molecule has 1 atom stereocenters. The van der Waals surface area contributed by atoms with Gasteiger partial charge in [-0.25, -0.2) is 4.39 Å². The molecule has 2 rings (SSSR count). The first-order valence-corrected chi connectivity index (χ1v) is 6.64. The largest absolute Gasteiger partial charge is 0.340 e. The second-order valence-corrected chi connectivity index (χ2v) is 5.98. The van der Waals surface area contributed by atoms with E-state index in [2.05, 4.69) is 21.2 Å². The second kappa shape index (κ2) is 4.59. The molecule has 6 heteroatoms. The molecule has 0 spiro atoms. The Morgan fingerprint density at radius 3 is 2.58 bits per heavy atom. The number of carbonyl (C=O) groups is 2. The maximum atomic E-state index is 14.0. The number of piperazine rings is 1. The van der Waals surface area contributed by atoms with Crippen LogP contribution < -0.4 is 10.2 Å². The average Bonchev–Trinajstić information content (AvgIpc) is 2.29. The van der Waals surface area contributed by atoms with Crippen LogP contribution in [0.3, 0.4) is 0 Å². The summed E-state index contributed by atoms with van der Waals surface area (Å²) in [5.74, 6) is -1.17. The van der Waals surface area contributed by atoms with Crippen molar-refractivity contribution in [1.82, 2.24) is 5.32 Å². The Morgan fingerprint density at radius 1 is 1.37 bits per heavy atom. The summed E-state index contributed by atoms with van der Waals surface area (Å²) < 4.78 is 14.6. The molecule has 0 saturated carbocycles. The molecule has 4 nitrogen and oxygen atoms in total. The minimum atomic E-state index is -1.04. The van der Waals surface area contributed by atoms with E-state index in [1.807, 2.05) is 0 Å². The fourth-order valence-corrected chi connectivity index (χ4v) is 2.39. The van der Waals surface area contributed by atoms with Crippen molar-refractivity contribution in [3.8, 4) is 0 Å². The predicted molar refractivity (Wildman–Crippen MR) is 73.3 cm³/mol. The van der Waals surface area contributed by atoms with Gasteiger partial charge in [0.05, 0.1) is 5.69 Å². The number of benzene rings is 1. The molecule has 1 unspecified atom stereocenters. The molecular formula is C13H14BrFN2O2. The lowest BCUT2D eigenvalue weighted by atomic mass is 9.96. The molecular weight excluding hydrogens is 315 g/mol. The summed E-state index contributed by atoms with van der Waals surface area (Å²) >= 11 is 3.16. The van der Waals surface area contributed by atoms with Crippen LogP contribution in [-0.2, 0) is 9.59 Å². The van der Waals surface area contributed by atoms with E-state index in [1.54, 1.807) is 26.8 Å². The van der Waals surface area contributed by atoms with Gasteiger partial charge >= 0.3 is 0 Å². The summed E-state index contributed by atoms with van der Waals surface area (Å²) in [5.41, 5.74) is -0.924. The number of anilines is 1. The number of hydrogen-bond donors (Lipinski definition) is 1. The van der Waals surface area contributed by atoms with Crippen LogP contribution in [-0.4, -0.2) is 23.4 Å². The van der Waals surface area contributed by atoms with Crippen LogP contribution in [0, 0.1) is 5.82 Å². The van der Waals surface area contributed by atoms with Crippen LogP contribution in [0.4, 0.5) is 10.1 Å². The zero-order chi connectivity index (χ0) is 14.4. The second-order valence-electron chi connectivity index (χ2n) is 5.06. The molecule has 1 aromatic carbocycles. The summed E-state index contributed by atoms with van der Waals surface area (Å²) in [7, 11) is 0. The fourth-order valence-electron chi connectivity index (χ4n) is 2.05. The first kappa shape index (κ1) is 14.0. The summed E-state index contributed by atoms with van der Waals surface area (Å²) in [5, 5.41) is 2.62. The standard InChI is InChI=1S/C13H14BrFN2O2/c1-7-11(18)16-13(2,3)12(19)17(7)10-5-4-8(14)6-9(10)15/h4-7H,1-3H3,(H,16,18). The van der Waals surface area contributed by atoms with Crippen LogP contribution in [0.1, 0.15) is 20.8 Å². The number of halogens is 2. The Balaban J connectivity index is 2.51. The van der Waals surface area contributed by atoms with Crippen LogP contribution in [0.25, 0.3) is 0 Å². The van der Waals surface area contributed by atoms with Crippen LogP contribution in [0.5, 0.6) is 0 Å². The zero-order valence-electron chi connectivity index (χ0n) is 10.8. The van der Waals surface area contributed by atoms with Crippen molar-refractivity contribution in [2.45, 2.75) is 32.4 Å². The van der Waals surface area contributed by atoms with E-state index in [4.69, 9.17) is 0 Å². The molecule has 1 N–H and O–H groups in total. The third-order valence-electron chi connectivity index (χ3n) is 3.13. The summed E-state index contributed by atoms with van der Waals surface area (Å²) in [4.78, 5) is 25.5. The van der Waals surface area contributed by atoms with E-state index in [-0.39, 0.29) is 17.5 Å². The van der Waals surface area contributed by atoms with Gasteiger partial charge in [-0.1, -0.05) is 15.9 Å². The molecule has 1 aliphatic rings. The number of rotatable bonds is 1. The van der Waals surface area contributed by atoms with Gasteiger partial charge in [0.25, 0.3) is 5.91 Å². The SMILES string of the molecule is CC1C(=O)NC(C)(C)C(=O)N1c1ccc(Br)cc1F. The van der Waals surface area contributed by atoms with E-state index in [0.29, 0.717) is 4.47 Å². The Bertz CT molecular complexity index is 560. The van der Waals surface area contributed by atoms with Crippen molar-refractivity contribution in [1.29, 1.82) is 0 Å². The van der Waals surface area contributed by atoms with Crippen LogP contribution >= 0.6 is 15.9 Å². The highest BCUT2D eigenvalue weighted by atomic mass is 79.9. The van der Waals surface area contributed by atoms with Gasteiger partial charge in [-0.2, -0.15) is 0 Å². The van der Waals surface area contributed by atoms with Gasteiger partial charge in [0.15, 0.2) is 0 Å². The van der Waals surface area contributed by atoms with E-state index in [0.717, 1.165) is 0 Å².